The van der Waals surface area contributed by atoms with Gasteiger partial charge in [-0.05, 0) is 12.8 Å². The molecule has 0 radical (unpaired) electrons. The third-order valence-corrected chi connectivity index (χ3v) is 1.28. The molecule has 0 amide bonds. The molecule has 0 aliphatic rings. The number of hydrogen-bond acceptors (Lipinski definition) is 2. The van der Waals surface area contributed by atoms with Crippen LogP contribution < -0.4 is 0 Å². The van der Waals surface area contributed by atoms with E-state index in [2.05, 4.69) is 0 Å². The Morgan fingerprint density at radius 3 is 1.42 bits per heavy atom. The maximum atomic E-state index is 9.98. The summed E-state index contributed by atoms with van der Waals surface area (Å²) in [5.41, 5.74) is 0. The minimum absolute atomic E-state index is 0. The summed E-state index contributed by atoms with van der Waals surface area (Å²) in [6.07, 6.45) is 2.10. The van der Waals surface area contributed by atoms with Gasteiger partial charge >= 0.3 is 41.5 Å². The summed E-state index contributed by atoms with van der Waals surface area (Å²) in [7, 11) is 0. The van der Waals surface area contributed by atoms with Gasteiger partial charge in [-0.1, -0.05) is 6.42 Å². The molecule has 5 heteroatoms. The van der Waals surface area contributed by atoms with E-state index in [1.54, 1.807) is 0 Å². The second-order valence-electron chi connectivity index (χ2n) is 2.35. The second-order valence-corrected chi connectivity index (χ2v) is 2.35. The van der Waals surface area contributed by atoms with Crippen LogP contribution in [-0.2, 0) is 9.59 Å². The van der Waals surface area contributed by atoms with Crippen molar-refractivity contribution in [1.82, 2.24) is 0 Å². The van der Waals surface area contributed by atoms with Crippen molar-refractivity contribution in [3.63, 3.8) is 0 Å². The molecule has 0 aromatic heterocycles. The molecule has 2 N–H and O–H groups in total. The first-order valence-corrected chi connectivity index (χ1v) is 3.56. The van der Waals surface area contributed by atoms with Crippen molar-refractivity contribution in [2.75, 3.05) is 0 Å². The van der Waals surface area contributed by atoms with Crippen LogP contribution >= 0.6 is 0 Å². The third kappa shape index (κ3) is 12.6. The van der Waals surface area contributed by atoms with Crippen molar-refractivity contribution in [3.05, 3.63) is 0 Å². The molecule has 0 heterocycles. The first-order valence-electron chi connectivity index (χ1n) is 3.56. The van der Waals surface area contributed by atoms with Gasteiger partial charge in [0.2, 0.25) is 0 Å². The zero-order valence-corrected chi connectivity index (χ0v) is 6.25. The molecule has 0 spiro atoms. The normalized spacial score (nSPS) is 8.67. The van der Waals surface area contributed by atoms with E-state index in [4.69, 9.17) is 10.2 Å². The van der Waals surface area contributed by atoms with E-state index >= 15 is 0 Å². The Labute approximate surface area is 93.3 Å². The summed E-state index contributed by atoms with van der Waals surface area (Å²) >= 11 is 0. The quantitative estimate of drug-likeness (QED) is 0.464. The van der Waals surface area contributed by atoms with Crippen LogP contribution in [0.2, 0.25) is 0 Å². The summed E-state index contributed by atoms with van der Waals surface area (Å²) < 4.78 is 0. The molecule has 0 rings (SSSR count). The SMILES string of the molecule is O=C(O)CCCCCC(=O)O.[NaH]. The van der Waals surface area contributed by atoms with Gasteiger partial charge in [-0.25, -0.2) is 0 Å². The third-order valence-electron chi connectivity index (χ3n) is 1.28. The van der Waals surface area contributed by atoms with Gasteiger partial charge in [0.05, 0.1) is 0 Å². The van der Waals surface area contributed by atoms with Crippen molar-refractivity contribution >= 4 is 41.5 Å². The minimum atomic E-state index is -0.819. The van der Waals surface area contributed by atoms with Crippen molar-refractivity contribution in [3.8, 4) is 0 Å². The van der Waals surface area contributed by atoms with Crippen LogP contribution in [0.5, 0.6) is 0 Å². The average Bonchev–Trinajstić information content (AvgIpc) is 1.85. The van der Waals surface area contributed by atoms with Crippen LogP contribution in [0.1, 0.15) is 32.1 Å². The Morgan fingerprint density at radius 1 is 0.833 bits per heavy atom. The number of hydrogen-bond donors (Lipinski definition) is 2. The van der Waals surface area contributed by atoms with E-state index in [9.17, 15) is 9.59 Å². The number of aliphatic carboxylic acids is 2. The molecule has 0 fully saturated rings. The van der Waals surface area contributed by atoms with Gasteiger partial charge in [0.1, 0.15) is 0 Å². The second kappa shape index (κ2) is 9.03. The molecule has 12 heavy (non-hydrogen) atoms. The molecule has 0 bridgehead atoms. The summed E-state index contributed by atoms with van der Waals surface area (Å²) in [6, 6.07) is 0. The Morgan fingerprint density at radius 2 is 1.17 bits per heavy atom. The zero-order valence-electron chi connectivity index (χ0n) is 6.25. The van der Waals surface area contributed by atoms with Gasteiger partial charge in [0.25, 0.3) is 0 Å². The van der Waals surface area contributed by atoms with Crippen LogP contribution in [0.3, 0.4) is 0 Å². The van der Waals surface area contributed by atoms with Crippen LogP contribution in [0.25, 0.3) is 0 Å². The van der Waals surface area contributed by atoms with Crippen molar-refractivity contribution in [1.29, 1.82) is 0 Å². The monoisotopic (exact) mass is 184 g/mol. The summed E-state index contributed by atoms with van der Waals surface area (Å²) in [5, 5.41) is 16.4. The Hall–Kier alpha value is -0.0600. The van der Waals surface area contributed by atoms with Crippen molar-refractivity contribution < 1.29 is 19.8 Å². The fourth-order valence-corrected chi connectivity index (χ4v) is 0.729. The summed E-state index contributed by atoms with van der Waals surface area (Å²) in [4.78, 5) is 20.0. The first kappa shape index (κ1) is 14.5. The fourth-order valence-electron chi connectivity index (χ4n) is 0.729. The van der Waals surface area contributed by atoms with E-state index in [0.717, 1.165) is 0 Å². The predicted molar refractivity (Wildman–Crippen MR) is 45.5 cm³/mol. The number of rotatable bonds is 6. The maximum absolute atomic E-state index is 9.98. The van der Waals surface area contributed by atoms with E-state index in [-0.39, 0.29) is 42.4 Å². The van der Waals surface area contributed by atoms with Gasteiger partial charge < -0.3 is 10.2 Å². The average molecular weight is 184 g/mol. The molecule has 0 atom stereocenters. The molecular formula is C7H13NaO4. The first-order chi connectivity index (χ1) is 5.13. The molecule has 0 aliphatic heterocycles. The Balaban J connectivity index is 0. The van der Waals surface area contributed by atoms with Crippen LogP contribution in [0.15, 0.2) is 0 Å². The predicted octanol–water partition coefficient (Wildman–Crippen LogP) is 0.458. The summed E-state index contributed by atoms with van der Waals surface area (Å²) in [6.45, 7) is 0. The Kier molecular flexibility index (Phi) is 10.9. The van der Waals surface area contributed by atoms with E-state index < -0.39 is 11.9 Å². The van der Waals surface area contributed by atoms with Gasteiger partial charge in [0, 0.05) is 12.8 Å². The van der Waals surface area contributed by atoms with Crippen LogP contribution in [0.4, 0.5) is 0 Å². The molecule has 4 nitrogen and oxygen atoms in total. The van der Waals surface area contributed by atoms with Crippen LogP contribution in [0, 0.1) is 0 Å². The number of carbonyl (C=O) groups is 2. The molecule has 0 saturated heterocycles. The van der Waals surface area contributed by atoms with Crippen LogP contribution in [-0.4, -0.2) is 51.7 Å². The fraction of sp³-hybridized carbons (Fsp3) is 0.714. The topological polar surface area (TPSA) is 74.6 Å². The van der Waals surface area contributed by atoms with Gasteiger partial charge in [-0.2, -0.15) is 0 Å². The van der Waals surface area contributed by atoms with Crippen molar-refractivity contribution in [2.24, 2.45) is 0 Å². The van der Waals surface area contributed by atoms with E-state index in [0.29, 0.717) is 19.3 Å². The molecule has 66 valence electrons. The van der Waals surface area contributed by atoms with Gasteiger partial charge in [-0.15, -0.1) is 0 Å². The zero-order chi connectivity index (χ0) is 8.69. The van der Waals surface area contributed by atoms with E-state index in [1.807, 2.05) is 0 Å². The number of unbranched alkanes of at least 4 members (excludes halogenated alkanes) is 2. The molecule has 0 aliphatic carbocycles. The van der Waals surface area contributed by atoms with E-state index in [1.165, 1.54) is 0 Å². The van der Waals surface area contributed by atoms with Gasteiger partial charge in [-0.3, -0.25) is 9.59 Å². The van der Waals surface area contributed by atoms with Crippen molar-refractivity contribution in [2.45, 2.75) is 32.1 Å². The standard InChI is InChI=1S/C7H12O4.Na.H/c8-6(9)4-2-1-3-5-7(10)11;;/h1-5H2,(H,8,9)(H,10,11);;. The molecule has 0 unspecified atom stereocenters. The Bertz CT molecular complexity index is 130. The summed E-state index contributed by atoms with van der Waals surface area (Å²) in [5.74, 6) is -1.64. The molecule has 0 aromatic rings. The number of carboxylic acids is 2. The molecular weight excluding hydrogens is 171 g/mol. The molecule has 0 saturated carbocycles. The molecule has 0 aromatic carbocycles. The van der Waals surface area contributed by atoms with Gasteiger partial charge in [0.15, 0.2) is 0 Å². The number of carboxylic acid groups (broad SMARTS) is 2.